The first-order valence-electron chi connectivity index (χ1n) is 11.5. The second-order valence-electron chi connectivity index (χ2n) is 8.68. The number of ether oxygens (including phenoxy) is 1. The van der Waals surface area contributed by atoms with E-state index in [4.69, 9.17) is 9.72 Å². The summed E-state index contributed by atoms with van der Waals surface area (Å²) in [4.78, 5) is 27.0. The lowest BCUT2D eigenvalue weighted by molar-refractivity contribution is 0.285. The number of hydrogen-bond acceptors (Lipinski definition) is 6. The molecule has 0 atom stereocenters. The lowest BCUT2D eigenvalue weighted by Gasteiger charge is -2.23. The Balaban J connectivity index is 1.37. The average molecular weight is 448 g/mol. The number of anilines is 1. The minimum atomic E-state index is -0.0950. The van der Waals surface area contributed by atoms with Crippen LogP contribution in [-0.2, 0) is 19.6 Å². The molecule has 1 aliphatic rings. The highest BCUT2D eigenvalue weighted by Crippen LogP contribution is 2.16. The highest BCUT2D eigenvalue weighted by molar-refractivity contribution is 5.31. The number of nitrogens with one attached hydrogen (secondary N) is 1. The maximum absolute atomic E-state index is 12.4. The molecule has 1 aliphatic heterocycles. The van der Waals surface area contributed by atoms with Crippen molar-refractivity contribution in [3.05, 3.63) is 87.8 Å². The van der Waals surface area contributed by atoms with Crippen LogP contribution in [0.4, 0.5) is 5.95 Å². The van der Waals surface area contributed by atoms with Gasteiger partial charge in [-0.15, -0.1) is 0 Å². The lowest BCUT2D eigenvalue weighted by atomic mass is 10.2. The van der Waals surface area contributed by atoms with Gasteiger partial charge < -0.3 is 9.64 Å². The Labute approximate surface area is 195 Å². The van der Waals surface area contributed by atoms with E-state index in [1.54, 1.807) is 13.2 Å². The van der Waals surface area contributed by atoms with Gasteiger partial charge in [0.1, 0.15) is 5.75 Å². The number of benzene rings is 2. The molecule has 1 fully saturated rings. The number of aromatic nitrogens is 2. The summed E-state index contributed by atoms with van der Waals surface area (Å²) < 4.78 is 5.26. The Morgan fingerprint density at radius 2 is 1.76 bits per heavy atom. The molecular formula is C26H33N5O2. The van der Waals surface area contributed by atoms with Crippen LogP contribution in [0.2, 0.25) is 0 Å². The van der Waals surface area contributed by atoms with Gasteiger partial charge in [-0.3, -0.25) is 19.6 Å². The van der Waals surface area contributed by atoms with E-state index in [9.17, 15) is 4.79 Å². The molecular weight excluding hydrogens is 414 g/mol. The second kappa shape index (κ2) is 11.1. The van der Waals surface area contributed by atoms with E-state index in [0.717, 1.165) is 57.1 Å². The smallest absolute Gasteiger partial charge is 0.252 e. The first-order valence-corrected chi connectivity index (χ1v) is 11.5. The van der Waals surface area contributed by atoms with E-state index in [-0.39, 0.29) is 5.56 Å². The van der Waals surface area contributed by atoms with Crippen molar-refractivity contribution in [3.8, 4) is 5.75 Å². The molecule has 0 unspecified atom stereocenters. The summed E-state index contributed by atoms with van der Waals surface area (Å²) in [5.41, 5.74) is 3.22. The molecule has 0 saturated carbocycles. The molecule has 4 rings (SSSR count). The van der Waals surface area contributed by atoms with Crippen molar-refractivity contribution >= 4 is 5.95 Å². The van der Waals surface area contributed by atoms with Crippen molar-refractivity contribution in [1.82, 2.24) is 19.8 Å². The van der Waals surface area contributed by atoms with Crippen LogP contribution in [0, 0.1) is 0 Å². The predicted molar refractivity (Wildman–Crippen MR) is 132 cm³/mol. The van der Waals surface area contributed by atoms with Crippen LogP contribution in [0.15, 0.2) is 65.5 Å². The SMILES string of the molecule is COc1ccc(CN2CCCN(c3nc(CN(C)Cc4ccccc4)cc(=O)[nH]3)CC2)cc1. The minimum absolute atomic E-state index is 0.0950. The molecule has 0 radical (unpaired) electrons. The Morgan fingerprint density at radius 3 is 2.52 bits per heavy atom. The lowest BCUT2D eigenvalue weighted by Crippen LogP contribution is -2.33. The molecule has 33 heavy (non-hydrogen) atoms. The standard InChI is InChI=1S/C26H33N5O2/c1-29(18-21-7-4-3-5-8-21)20-23-17-25(32)28-26(27-23)31-14-6-13-30(15-16-31)19-22-9-11-24(33-2)12-10-22/h3-5,7-12,17H,6,13-16,18-20H2,1-2H3,(H,27,28,32). The van der Waals surface area contributed by atoms with Gasteiger partial charge in [0, 0.05) is 51.9 Å². The van der Waals surface area contributed by atoms with E-state index >= 15 is 0 Å². The molecule has 0 aliphatic carbocycles. The fourth-order valence-electron chi connectivity index (χ4n) is 4.28. The Kier molecular flexibility index (Phi) is 7.75. The first kappa shape index (κ1) is 23.0. The number of H-pyrrole nitrogens is 1. The third-order valence-corrected chi connectivity index (χ3v) is 5.96. The van der Waals surface area contributed by atoms with Gasteiger partial charge in [-0.1, -0.05) is 42.5 Å². The average Bonchev–Trinajstić information content (AvgIpc) is 3.05. The largest absolute Gasteiger partial charge is 0.497 e. The number of methoxy groups -OCH3 is 1. The van der Waals surface area contributed by atoms with Gasteiger partial charge >= 0.3 is 0 Å². The predicted octanol–water partition coefficient (Wildman–Crippen LogP) is 3.12. The highest BCUT2D eigenvalue weighted by atomic mass is 16.5. The molecule has 2 heterocycles. The van der Waals surface area contributed by atoms with Crippen LogP contribution in [0.5, 0.6) is 5.75 Å². The van der Waals surface area contributed by atoms with Gasteiger partial charge in [0.15, 0.2) is 0 Å². The zero-order valence-electron chi connectivity index (χ0n) is 19.5. The zero-order chi connectivity index (χ0) is 23.0. The van der Waals surface area contributed by atoms with Crippen molar-refractivity contribution in [3.63, 3.8) is 0 Å². The molecule has 1 aromatic heterocycles. The van der Waals surface area contributed by atoms with Gasteiger partial charge in [-0.2, -0.15) is 0 Å². The van der Waals surface area contributed by atoms with E-state index in [0.29, 0.717) is 12.5 Å². The van der Waals surface area contributed by atoms with Gasteiger partial charge in [0.2, 0.25) is 5.95 Å². The summed E-state index contributed by atoms with van der Waals surface area (Å²) in [6, 6.07) is 20.2. The van der Waals surface area contributed by atoms with Crippen molar-refractivity contribution < 1.29 is 4.74 Å². The zero-order valence-corrected chi connectivity index (χ0v) is 19.5. The van der Waals surface area contributed by atoms with Gasteiger partial charge in [0.05, 0.1) is 12.8 Å². The summed E-state index contributed by atoms with van der Waals surface area (Å²) >= 11 is 0. The maximum atomic E-state index is 12.4. The maximum Gasteiger partial charge on any atom is 0.252 e. The normalized spacial score (nSPS) is 14.9. The second-order valence-corrected chi connectivity index (χ2v) is 8.68. The van der Waals surface area contributed by atoms with Crippen LogP contribution in [-0.4, -0.2) is 60.1 Å². The van der Waals surface area contributed by atoms with Gasteiger partial charge in [-0.25, -0.2) is 4.98 Å². The third-order valence-electron chi connectivity index (χ3n) is 5.96. The van der Waals surface area contributed by atoms with Gasteiger partial charge in [0.25, 0.3) is 5.56 Å². The molecule has 0 bridgehead atoms. The minimum Gasteiger partial charge on any atom is -0.497 e. The van der Waals surface area contributed by atoms with Gasteiger partial charge in [-0.05, 0) is 36.7 Å². The van der Waals surface area contributed by atoms with Crippen molar-refractivity contribution in [1.29, 1.82) is 0 Å². The summed E-state index contributed by atoms with van der Waals surface area (Å²) in [6.07, 6.45) is 1.03. The van der Waals surface area contributed by atoms with Crippen molar-refractivity contribution in [2.75, 3.05) is 45.2 Å². The molecule has 7 heteroatoms. The fourth-order valence-corrected chi connectivity index (χ4v) is 4.28. The molecule has 0 spiro atoms. The molecule has 174 valence electrons. The Hall–Kier alpha value is -3.16. The van der Waals surface area contributed by atoms with Crippen LogP contribution >= 0.6 is 0 Å². The molecule has 7 nitrogen and oxygen atoms in total. The van der Waals surface area contributed by atoms with E-state index in [1.807, 2.05) is 30.3 Å². The first-order chi connectivity index (χ1) is 16.1. The Morgan fingerprint density at radius 1 is 0.970 bits per heavy atom. The number of rotatable bonds is 8. The summed E-state index contributed by atoms with van der Waals surface area (Å²) in [5.74, 6) is 1.56. The highest BCUT2D eigenvalue weighted by Gasteiger charge is 2.18. The number of nitrogens with zero attached hydrogens (tertiary/aromatic N) is 4. The van der Waals surface area contributed by atoms with Crippen LogP contribution in [0.25, 0.3) is 0 Å². The monoisotopic (exact) mass is 447 g/mol. The summed E-state index contributed by atoms with van der Waals surface area (Å²) in [7, 11) is 3.74. The fraction of sp³-hybridized carbons (Fsp3) is 0.385. The number of aromatic amines is 1. The van der Waals surface area contributed by atoms with E-state index in [1.165, 1.54) is 11.1 Å². The van der Waals surface area contributed by atoms with Crippen molar-refractivity contribution in [2.24, 2.45) is 0 Å². The number of hydrogen-bond donors (Lipinski definition) is 1. The quantitative estimate of drug-likeness (QED) is 0.572. The van der Waals surface area contributed by atoms with Crippen LogP contribution in [0.1, 0.15) is 23.2 Å². The van der Waals surface area contributed by atoms with E-state index in [2.05, 4.69) is 51.0 Å². The third kappa shape index (κ3) is 6.66. The summed E-state index contributed by atoms with van der Waals surface area (Å²) in [6.45, 7) is 6.01. The topological polar surface area (TPSA) is 64.7 Å². The molecule has 0 amide bonds. The van der Waals surface area contributed by atoms with Crippen LogP contribution < -0.4 is 15.2 Å². The van der Waals surface area contributed by atoms with Crippen molar-refractivity contribution in [2.45, 2.75) is 26.1 Å². The molecule has 1 N–H and O–H groups in total. The molecule has 3 aromatic rings. The molecule has 2 aromatic carbocycles. The Bertz CT molecular complexity index is 1070. The van der Waals surface area contributed by atoms with Crippen LogP contribution in [0.3, 0.4) is 0 Å². The summed E-state index contributed by atoms with van der Waals surface area (Å²) in [5, 5.41) is 0. The molecule has 1 saturated heterocycles. The van der Waals surface area contributed by atoms with E-state index < -0.39 is 0 Å².